The Morgan fingerprint density at radius 1 is 1.15 bits per heavy atom. The highest BCUT2D eigenvalue weighted by Crippen LogP contribution is 2.28. The van der Waals surface area contributed by atoms with Gasteiger partial charge in [0.05, 0.1) is 11.6 Å². The van der Waals surface area contributed by atoms with Crippen LogP contribution in [0, 0.1) is 5.41 Å². The molecule has 0 heterocycles. The molecular formula is C17H28ClNO. The zero-order valence-corrected chi connectivity index (χ0v) is 14.4. The molecule has 0 bridgehead atoms. The minimum atomic E-state index is 0.101. The summed E-state index contributed by atoms with van der Waals surface area (Å²) in [6.07, 6.45) is 1.12. The number of halogens is 1. The monoisotopic (exact) mass is 297 g/mol. The van der Waals surface area contributed by atoms with Gasteiger partial charge in [0.1, 0.15) is 5.75 Å². The molecule has 1 rings (SSSR count). The van der Waals surface area contributed by atoms with Crippen molar-refractivity contribution in [2.45, 2.75) is 60.0 Å². The van der Waals surface area contributed by atoms with Crippen LogP contribution in [0.1, 0.15) is 53.5 Å². The fourth-order valence-corrected chi connectivity index (χ4v) is 2.91. The Hall–Kier alpha value is -0.730. The molecule has 1 N–H and O–H groups in total. The number of nitrogens with one attached hydrogen (secondary N) is 1. The van der Waals surface area contributed by atoms with Gasteiger partial charge in [0, 0.05) is 12.1 Å². The third-order valence-electron chi connectivity index (χ3n) is 3.04. The van der Waals surface area contributed by atoms with Gasteiger partial charge < -0.3 is 10.1 Å². The molecule has 3 heteroatoms. The summed E-state index contributed by atoms with van der Waals surface area (Å²) >= 11 is 6.21. The van der Waals surface area contributed by atoms with Crippen LogP contribution in [0.25, 0.3) is 0 Å². The predicted molar refractivity (Wildman–Crippen MR) is 87.6 cm³/mol. The molecule has 0 aliphatic rings. The van der Waals surface area contributed by atoms with Gasteiger partial charge in [-0.25, -0.2) is 0 Å². The van der Waals surface area contributed by atoms with Crippen LogP contribution in [-0.4, -0.2) is 12.1 Å². The van der Waals surface area contributed by atoms with Gasteiger partial charge in [-0.05, 0) is 50.3 Å². The standard InChI is InChI=1S/C17H28ClNO/c1-7-20-15-9-8-13(10-14(15)18)11-19-17(5,6)12-16(2,3)4/h8-10,19H,7,11-12H2,1-6H3. The maximum atomic E-state index is 6.21. The van der Waals surface area contributed by atoms with Crippen LogP contribution in [0.5, 0.6) is 5.75 Å². The van der Waals surface area contributed by atoms with E-state index in [-0.39, 0.29) is 5.54 Å². The van der Waals surface area contributed by atoms with E-state index in [0.29, 0.717) is 17.0 Å². The van der Waals surface area contributed by atoms with Crippen LogP contribution in [0.2, 0.25) is 5.02 Å². The van der Waals surface area contributed by atoms with E-state index in [4.69, 9.17) is 16.3 Å². The van der Waals surface area contributed by atoms with E-state index < -0.39 is 0 Å². The molecule has 0 amide bonds. The molecular weight excluding hydrogens is 270 g/mol. The van der Waals surface area contributed by atoms with Gasteiger partial charge in [-0.2, -0.15) is 0 Å². The second-order valence-corrected chi connectivity index (χ2v) is 7.58. The van der Waals surface area contributed by atoms with Gasteiger partial charge in [0.2, 0.25) is 0 Å². The normalized spacial score (nSPS) is 12.6. The topological polar surface area (TPSA) is 21.3 Å². The molecule has 0 spiro atoms. The van der Waals surface area contributed by atoms with Crippen LogP contribution in [0.3, 0.4) is 0 Å². The second kappa shape index (κ2) is 6.82. The lowest BCUT2D eigenvalue weighted by Gasteiger charge is -2.33. The number of hydrogen-bond donors (Lipinski definition) is 1. The van der Waals surface area contributed by atoms with Gasteiger partial charge in [-0.1, -0.05) is 38.4 Å². The summed E-state index contributed by atoms with van der Waals surface area (Å²) in [6.45, 7) is 14.7. The summed E-state index contributed by atoms with van der Waals surface area (Å²) in [5, 5.41) is 4.29. The number of rotatable bonds is 6. The van der Waals surface area contributed by atoms with E-state index in [1.807, 2.05) is 19.1 Å². The first-order chi connectivity index (χ1) is 9.13. The maximum Gasteiger partial charge on any atom is 0.137 e. The molecule has 0 aliphatic carbocycles. The Bertz CT molecular complexity index is 435. The van der Waals surface area contributed by atoms with Crippen LogP contribution in [0.4, 0.5) is 0 Å². The van der Waals surface area contributed by atoms with Crippen molar-refractivity contribution in [3.05, 3.63) is 28.8 Å². The number of hydrogen-bond acceptors (Lipinski definition) is 2. The minimum Gasteiger partial charge on any atom is -0.492 e. The second-order valence-electron chi connectivity index (χ2n) is 7.17. The minimum absolute atomic E-state index is 0.101. The Morgan fingerprint density at radius 2 is 1.80 bits per heavy atom. The third kappa shape index (κ3) is 6.15. The lowest BCUT2D eigenvalue weighted by Crippen LogP contribution is -2.41. The summed E-state index contributed by atoms with van der Waals surface area (Å²) in [4.78, 5) is 0. The lowest BCUT2D eigenvalue weighted by molar-refractivity contribution is 0.240. The highest BCUT2D eigenvalue weighted by molar-refractivity contribution is 6.32. The Labute approximate surface area is 128 Å². The van der Waals surface area contributed by atoms with Crippen molar-refractivity contribution in [3.8, 4) is 5.75 Å². The lowest BCUT2D eigenvalue weighted by atomic mass is 9.82. The molecule has 0 aromatic heterocycles. The molecule has 0 radical (unpaired) electrons. The van der Waals surface area contributed by atoms with Crippen LogP contribution >= 0.6 is 11.6 Å². The Morgan fingerprint density at radius 3 is 2.30 bits per heavy atom. The first-order valence-electron chi connectivity index (χ1n) is 7.29. The quantitative estimate of drug-likeness (QED) is 0.794. The molecule has 0 aliphatic heterocycles. The van der Waals surface area contributed by atoms with E-state index in [1.165, 1.54) is 5.56 Å². The highest BCUT2D eigenvalue weighted by Gasteiger charge is 2.24. The molecule has 20 heavy (non-hydrogen) atoms. The molecule has 0 unspecified atom stereocenters. The van der Waals surface area contributed by atoms with E-state index in [9.17, 15) is 0 Å². The first-order valence-corrected chi connectivity index (χ1v) is 7.67. The summed E-state index contributed by atoms with van der Waals surface area (Å²) < 4.78 is 5.45. The molecule has 0 fully saturated rings. The van der Waals surface area contributed by atoms with E-state index in [2.05, 4.69) is 46.0 Å². The fraction of sp³-hybridized carbons (Fsp3) is 0.647. The molecule has 1 aromatic carbocycles. The molecule has 1 aromatic rings. The van der Waals surface area contributed by atoms with Crippen molar-refractivity contribution in [2.75, 3.05) is 6.61 Å². The molecule has 114 valence electrons. The van der Waals surface area contributed by atoms with E-state index >= 15 is 0 Å². The fourth-order valence-electron chi connectivity index (χ4n) is 2.66. The van der Waals surface area contributed by atoms with Gasteiger partial charge >= 0.3 is 0 Å². The first kappa shape index (κ1) is 17.3. The average Bonchev–Trinajstić information content (AvgIpc) is 2.27. The van der Waals surface area contributed by atoms with Gasteiger partial charge in [-0.3, -0.25) is 0 Å². The Balaban J connectivity index is 2.63. The van der Waals surface area contributed by atoms with Crippen molar-refractivity contribution < 1.29 is 4.74 Å². The summed E-state index contributed by atoms with van der Waals surface area (Å²) in [5.41, 5.74) is 1.59. The SMILES string of the molecule is CCOc1ccc(CNC(C)(C)CC(C)(C)C)cc1Cl. The van der Waals surface area contributed by atoms with Gasteiger partial charge in [0.25, 0.3) is 0 Å². The average molecular weight is 298 g/mol. The Kier molecular flexibility index (Phi) is 5.91. The van der Waals surface area contributed by atoms with Gasteiger partial charge in [0.15, 0.2) is 0 Å². The zero-order chi connectivity index (χ0) is 15.4. The van der Waals surface area contributed by atoms with Crippen LogP contribution in [0.15, 0.2) is 18.2 Å². The van der Waals surface area contributed by atoms with Crippen molar-refractivity contribution >= 4 is 11.6 Å². The summed E-state index contributed by atoms with van der Waals surface area (Å²) in [6, 6.07) is 5.99. The van der Waals surface area contributed by atoms with Crippen molar-refractivity contribution in [2.24, 2.45) is 5.41 Å². The molecule has 0 saturated heterocycles. The van der Waals surface area contributed by atoms with Crippen molar-refractivity contribution in [1.82, 2.24) is 5.32 Å². The molecule has 0 atom stereocenters. The van der Waals surface area contributed by atoms with E-state index in [0.717, 1.165) is 18.7 Å². The van der Waals surface area contributed by atoms with Crippen molar-refractivity contribution in [1.29, 1.82) is 0 Å². The number of benzene rings is 1. The summed E-state index contributed by atoms with van der Waals surface area (Å²) in [7, 11) is 0. The van der Waals surface area contributed by atoms with E-state index in [1.54, 1.807) is 0 Å². The van der Waals surface area contributed by atoms with Crippen LogP contribution in [-0.2, 0) is 6.54 Å². The largest absolute Gasteiger partial charge is 0.492 e. The highest BCUT2D eigenvalue weighted by atomic mass is 35.5. The zero-order valence-electron chi connectivity index (χ0n) is 13.6. The smallest absolute Gasteiger partial charge is 0.137 e. The van der Waals surface area contributed by atoms with Crippen molar-refractivity contribution in [3.63, 3.8) is 0 Å². The third-order valence-corrected chi connectivity index (χ3v) is 3.33. The van der Waals surface area contributed by atoms with Gasteiger partial charge in [-0.15, -0.1) is 0 Å². The molecule has 2 nitrogen and oxygen atoms in total. The molecule has 0 saturated carbocycles. The summed E-state index contributed by atoms with van der Waals surface area (Å²) in [5.74, 6) is 0.756. The predicted octanol–water partition coefficient (Wildman–Crippen LogP) is 5.04. The van der Waals surface area contributed by atoms with Crippen LogP contribution < -0.4 is 10.1 Å². The number of ether oxygens (including phenoxy) is 1. The maximum absolute atomic E-state index is 6.21.